The van der Waals surface area contributed by atoms with Gasteiger partial charge in [-0.3, -0.25) is 9.59 Å². The fraction of sp³-hybridized carbons (Fsp3) is 0.417. The lowest BCUT2D eigenvalue weighted by molar-refractivity contribution is -0.119. The van der Waals surface area contributed by atoms with Gasteiger partial charge >= 0.3 is 0 Å². The van der Waals surface area contributed by atoms with Crippen LogP contribution in [0, 0.1) is 0 Å². The molecule has 0 spiro atoms. The molecule has 1 aromatic heterocycles. The molecule has 19 heavy (non-hydrogen) atoms. The van der Waals surface area contributed by atoms with Gasteiger partial charge in [-0.25, -0.2) is 4.98 Å². The first-order valence-corrected chi connectivity index (χ1v) is 6.33. The summed E-state index contributed by atoms with van der Waals surface area (Å²) >= 11 is 5.92. The third-order valence-corrected chi connectivity index (χ3v) is 2.73. The molecule has 104 valence electrons. The molecule has 0 aliphatic heterocycles. The summed E-state index contributed by atoms with van der Waals surface area (Å²) in [6.07, 6.45) is 2.33. The summed E-state index contributed by atoms with van der Waals surface area (Å²) in [7, 11) is 0. The molecule has 7 heteroatoms. The Bertz CT molecular complexity index is 479. The summed E-state index contributed by atoms with van der Waals surface area (Å²) in [5.74, 6) is -0.510. The Hall–Kier alpha value is -1.82. The first kappa shape index (κ1) is 15.2. The highest BCUT2D eigenvalue weighted by molar-refractivity contribution is 6.33. The van der Waals surface area contributed by atoms with Gasteiger partial charge < -0.3 is 16.4 Å². The van der Waals surface area contributed by atoms with Gasteiger partial charge in [-0.15, -0.1) is 0 Å². The molecule has 1 rings (SSSR count). The van der Waals surface area contributed by atoms with E-state index in [1.165, 1.54) is 13.1 Å². The zero-order valence-corrected chi connectivity index (χ0v) is 11.6. The van der Waals surface area contributed by atoms with Gasteiger partial charge in [0, 0.05) is 12.7 Å². The largest absolute Gasteiger partial charge is 0.370 e. The van der Waals surface area contributed by atoms with E-state index in [4.69, 9.17) is 17.3 Å². The average Bonchev–Trinajstić information content (AvgIpc) is 2.37. The molecule has 0 aliphatic rings. The predicted molar refractivity (Wildman–Crippen MR) is 74.2 cm³/mol. The number of pyridine rings is 1. The van der Waals surface area contributed by atoms with E-state index in [1.54, 1.807) is 6.07 Å². The second kappa shape index (κ2) is 6.94. The second-order valence-corrected chi connectivity index (χ2v) is 4.48. The molecular formula is C12H17ClN4O2. The molecule has 0 radical (unpaired) electrons. The molecular weight excluding hydrogens is 268 g/mol. The quantitative estimate of drug-likeness (QED) is 0.730. The van der Waals surface area contributed by atoms with Crippen LogP contribution in [0.2, 0.25) is 5.02 Å². The number of nitrogens with two attached hydrogens (primary N) is 1. The number of carbonyl (C=O) groups excluding carboxylic acids is 2. The SMILES string of the molecule is CCCNc1cc(C(=O)NC(C)C(N)=O)c(Cl)cn1. The molecule has 4 N–H and O–H groups in total. The van der Waals surface area contributed by atoms with Crippen LogP contribution in [0.15, 0.2) is 12.3 Å². The Morgan fingerprint density at radius 3 is 2.79 bits per heavy atom. The first-order chi connectivity index (χ1) is 8.95. The molecule has 1 heterocycles. The topological polar surface area (TPSA) is 97.1 Å². The number of hydrogen-bond donors (Lipinski definition) is 3. The zero-order valence-electron chi connectivity index (χ0n) is 10.9. The Morgan fingerprint density at radius 2 is 2.21 bits per heavy atom. The van der Waals surface area contributed by atoms with Gasteiger partial charge in [0.05, 0.1) is 10.6 Å². The Balaban J connectivity index is 2.86. The van der Waals surface area contributed by atoms with Crippen molar-refractivity contribution in [2.24, 2.45) is 5.73 Å². The number of nitrogens with zero attached hydrogens (tertiary/aromatic N) is 1. The summed E-state index contributed by atoms with van der Waals surface area (Å²) < 4.78 is 0. The summed E-state index contributed by atoms with van der Waals surface area (Å²) in [6.45, 7) is 4.27. The van der Waals surface area contributed by atoms with E-state index in [0.717, 1.165) is 13.0 Å². The minimum Gasteiger partial charge on any atom is -0.370 e. The Morgan fingerprint density at radius 1 is 1.53 bits per heavy atom. The van der Waals surface area contributed by atoms with Crippen LogP contribution in [0.5, 0.6) is 0 Å². The number of amides is 2. The fourth-order valence-corrected chi connectivity index (χ4v) is 1.50. The van der Waals surface area contributed by atoms with Crippen molar-refractivity contribution >= 4 is 29.2 Å². The maximum absolute atomic E-state index is 11.9. The van der Waals surface area contributed by atoms with Gasteiger partial charge in [0.1, 0.15) is 11.9 Å². The number of nitrogens with one attached hydrogen (secondary N) is 2. The Kier molecular flexibility index (Phi) is 5.57. The third kappa shape index (κ3) is 4.40. The van der Waals surface area contributed by atoms with Crippen LogP contribution in [0.25, 0.3) is 0 Å². The van der Waals surface area contributed by atoms with E-state index in [2.05, 4.69) is 15.6 Å². The second-order valence-electron chi connectivity index (χ2n) is 4.07. The number of carbonyl (C=O) groups is 2. The highest BCUT2D eigenvalue weighted by Crippen LogP contribution is 2.18. The molecule has 0 aliphatic carbocycles. The number of halogens is 1. The van der Waals surface area contributed by atoms with Gasteiger partial charge in [-0.2, -0.15) is 0 Å². The van der Waals surface area contributed by atoms with Gasteiger partial charge in [0.15, 0.2) is 0 Å². The highest BCUT2D eigenvalue weighted by atomic mass is 35.5. The van der Waals surface area contributed by atoms with Crippen LogP contribution in [-0.4, -0.2) is 29.4 Å². The molecule has 0 saturated carbocycles. The lowest BCUT2D eigenvalue weighted by atomic mass is 10.2. The number of rotatable bonds is 6. The fourth-order valence-electron chi connectivity index (χ4n) is 1.31. The van der Waals surface area contributed by atoms with Gasteiger partial charge in [-0.1, -0.05) is 18.5 Å². The van der Waals surface area contributed by atoms with Crippen molar-refractivity contribution in [3.05, 3.63) is 22.8 Å². The number of hydrogen-bond acceptors (Lipinski definition) is 4. The average molecular weight is 285 g/mol. The summed E-state index contributed by atoms with van der Waals surface area (Å²) in [4.78, 5) is 26.9. The molecule has 0 fully saturated rings. The molecule has 0 saturated heterocycles. The van der Waals surface area contributed by atoms with Crippen LogP contribution >= 0.6 is 11.6 Å². The monoisotopic (exact) mass is 284 g/mol. The number of aromatic nitrogens is 1. The smallest absolute Gasteiger partial charge is 0.253 e. The van der Waals surface area contributed by atoms with Gasteiger partial charge in [-0.05, 0) is 19.4 Å². The zero-order chi connectivity index (χ0) is 14.4. The van der Waals surface area contributed by atoms with E-state index in [9.17, 15) is 9.59 Å². The van der Waals surface area contributed by atoms with Crippen LogP contribution in [0.3, 0.4) is 0 Å². The number of primary amides is 1. The van der Waals surface area contributed by atoms with Crippen molar-refractivity contribution in [1.29, 1.82) is 0 Å². The van der Waals surface area contributed by atoms with Crippen molar-refractivity contribution < 1.29 is 9.59 Å². The lowest BCUT2D eigenvalue weighted by Gasteiger charge is -2.12. The van der Waals surface area contributed by atoms with Crippen LogP contribution in [0.4, 0.5) is 5.82 Å². The van der Waals surface area contributed by atoms with Gasteiger partial charge in [0.2, 0.25) is 5.91 Å². The summed E-state index contributed by atoms with van der Waals surface area (Å²) in [6, 6.07) is 0.782. The molecule has 0 aromatic carbocycles. The van der Waals surface area contributed by atoms with Gasteiger partial charge in [0.25, 0.3) is 5.91 Å². The maximum Gasteiger partial charge on any atom is 0.253 e. The standard InChI is InChI=1S/C12H17ClN4O2/c1-3-4-15-10-5-8(9(13)6-16-10)12(19)17-7(2)11(14)18/h5-7H,3-4H2,1-2H3,(H2,14,18)(H,15,16)(H,17,19). The van der Waals surface area contributed by atoms with E-state index in [0.29, 0.717) is 5.82 Å². The van der Waals surface area contributed by atoms with E-state index in [-0.39, 0.29) is 10.6 Å². The molecule has 1 aromatic rings. The van der Waals surface area contributed by atoms with Crippen molar-refractivity contribution in [3.63, 3.8) is 0 Å². The van der Waals surface area contributed by atoms with Crippen LogP contribution in [0.1, 0.15) is 30.6 Å². The van der Waals surface area contributed by atoms with Crippen molar-refractivity contribution in [2.75, 3.05) is 11.9 Å². The van der Waals surface area contributed by atoms with Crippen LogP contribution in [-0.2, 0) is 4.79 Å². The summed E-state index contributed by atoms with van der Waals surface area (Å²) in [5.41, 5.74) is 5.34. The number of anilines is 1. The molecule has 1 unspecified atom stereocenters. The van der Waals surface area contributed by atoms with E-state index >= 15 is 0 Å². The molecule has 2 amide bonds. The molecule has 6 nitrogen and oxygen atoms in total. The van der Waals surface area contributed by atoms with Crippen molar-refractivity contribution in [1.82, 2.24) is 10.3 Å². The van der Waals surface area contributed by atoms with Crippen molar-refractivity contribution in [2.45, 2.75) is 26.3 Å². The minimum atomic E-state index is -0.760. The van der Waals surface area contributed by atoms with Crippen LogP contribution < -0.4 is 16.4 Å². The predicted octanol–water partition coefficient (Wildman–Crippen LogP) is 1.16. The highest BCUT2D eigenvalue weighted by Gasteiger charge is 2.17. The van der Waals surface area contributed by atoms with E-state index < -0.39 is 17.9 Å². The van der Waals surface area contributed by atoms with Crippen molar-refractivity contribution in [3.8, 4) is 0 Å². The first-order valence-electron chi connectivity index (χ1n) is 5.95. The minimum absolute atomic E-state index is 0.219. The maximum atomic E-state index is 11.9. The van der Waals surface area contributed by atoms with E-state index in [1.807, 2.05) is 6.92 Å². The normalized spacial score (nSPS) is 11.7. The lowest BCUT2D eigenvalue weighted by Crippen LogP contribution is -2.42. The molecule has 1 atom stereocenters. The summed E-state index contributed by atoms with van der Waals surface area (Å²) in [5, 5.41) is 5.74. The molecule has 0 bridgehead atoms. The third-order valence-electron chi connectivity index (χ3n) is 2.43. The Labute approximate surface area is 116 Å².